The van der Waals surface area contributed by atoms with Crippen molar-refractivity contribution in [3.05, 3.63) is 0 Å². The van der Waals surface area contributed by atoms with Gasteiger partial charge in [0.1, 0.15) is 5.54 Å². The van der Waals surface area contributed by atoms with Crippen molar-refractivity contribution < 1.29 is 27.9 Å². The molecule has 2 unspecified atom stereocenters. The zero-order chi connectivity index (χ0) is 16.1. The van der Waals surface area contributed by atoms with Gasteiger partial charge < -0.3 is 9.84 Å². The zero-order valence-electron chi connectivity index (χ0n) is 12.4. The van der Waals surface area contributed by atoms with Gasteiger partial charge >= 0.3 is 11.9 Å². The molecule has 1 fully saturated rings. The molecule has 1 aliphatic rings. The number of sulfonamides is 1. The molecule has 0 radical (unpaired) electrons. The maximum atomic E-state index is 12.1. The second kappa shape index (κ2) is 7.22. The van der Waals surface area contributed by atoms with Gasteiger partial charge in [0.05, 0.1) is 12.9 Å². The van der Waals surface area contributed by atoms with Crippen LogP contribution in [-0.4, -0.2) is 43.9 Å². The SMILES string of the molecule is COC(=O)CCCS(=O)(=O)NC1(C(=O)O)CCCC(C)C1. The van der Waals surface area contributed by atoms with Gasteiger partial charge in [-0.15, -0.1) is 0 Å². The summed E-state index contributed by atoms with van der Waals surface area (Å²) in [5.41, 5.74) is -1.41. The Morgan fingerprint density at radius 3 is 2.62 bits per heavy atom. The molecule has 0 aromatic carbocycles. The quantitative estimate of drug-likeness (QED) is 0.674. The molecule has 0 bridgehead atoms. The van der Waals surface area contributed by atoms with Crippen molar-refractivity contribution in [3.63, 3.8) is 0 Å². The Balaban J connectivity index is 2.69. The summed E-state index contributed by atoms with van der Waals surface area (Å²) < 4.78 is 30.9. The second-order valence-corrected chi connectivity index (χ2v) is 7.53. The molecular formula is C13H23NO6S. The standard InChI is InChI=1S/C13H23NO6S/c1-10-5-3-7-13(9-10,12(16)17)14-21(18,19)8-4-6-11(15)20-2/h10,14H,3-9H2,1-2H3,(H,16,17). The van der Waals surface area contributed by atoms with Crippen LogP contribution < -0.4 is 4.72 Å². The first-order chi connectivity index (χ1) is 9.71. The number of carbonyl (C=O) groups is 2. The fourth-order valence-electron chi connectivity index (χ4n) is 2.74. The Labute approximate surface area is 125 Å². The summed E-state index contributed by atoms with van der Waals surface area (Å²) in [6.07, 6.45) is 2.26. The Kier molecular flexibility index (Phi) is 6.15. The smallest absolute Gasteiger partial charge is 0.324 e. The molecule has 0 aromatic rings. The van der Waals surface area contributed by atoms with Crippen LogP contribution in [0, 0.1) is 5.92 Å². The summed E-state index contributed by atoms with van der Waals surface area (Å²) in [7, 11) is -2.52. The van der Waals surface area contributed by atoms with E-state index in [1.54, 1.807) is 0 Å². The van der Waals surface area contributed by atoms with E-state index in [1.807, 2.05) is 6.92 Å². The third-order valence-electron chi connectivity index (χ3n) is 3.78. The van der Waals surface area contributed by atoms with Crippen LogP contribution in [0.1, 0.15) is 45.4 Å². The van der Waals surface area contributed by atoms with Gasteiger partial charge in [-0.1, -0.05) is 19.8 Å². The van der Waals surface area contributed by atoms with E-state index in [0.717, 1.165) is 6.42 Å². The van der Waals surface area contributed by atoms with Crippen molar-refractivity contribution in [3.8, 4) is 0 Å². The van der Waals surface area contributed by atoms with Crippen LogP contribution in [0.25, 0.3) is 0 Å². The molecule has 1 aliphatic carbocycles. The molecule has 8 heteroatoms. The third kappa shape index (κ3) is 5.28. The summed E-state index contributed by atoms with van der Waals surface area (Å²) in [5, 5.41) is 9.42. The van der Waals surface area contributed by atoms with Gasteiger partial charge in [-0.05, 0) is 25.2 Å². The van der Waals surface area contributed by atoms with Gasteiger partial charge in [0.15, 0.2) is 0 Å². The Morgan fingerprint density at radius 1 is 1.43 bits per heavy atom. The lowest BCUT2D eigenvalue weighted by atomic mass is 9.77. The van der Waals surface area contributed by atoms with Gasteiger partial charge in [-0.3, -0.25) is 9.59 Å². The summed E-state index contributed by atoms with van der Waals surface area (Å²) in [6.45, 7) is 1.92. The summed E-state index contributed by atoms with van der Waals surface area (Å²) in [5.74, 6) is -1.74. The number of hydrogen-bond acceptors (Lipinski definition) is 5. The summed E-state index contributed by atoms with van der Waals surface area (Å²) in [4.78, 5) is 22.5. The van der Waals surface area contributed by atoms with E-state index < -0.39 is 27.5 Å². The van der Waals surface area contributed by atoms with Gasteiger partial charge in [0.25, 0.3) is 0 Å². The van der Waals surface area contributed by atoms with E-state index in [4.69, 9.17) is 0 Å². The molecule has 0 aliphatic heterocycles. The highest BCUT2D eigenvalue weighted by molar-refractivity contribution is 7.89. The van der Waals surface area contributed by atoms with E-state index in [-0.39, 0.29) is 24.5 Å². The lowest BCUT2D eigenvalue weighted by Crippen LogP contribution is -2.57. The average molecular weight is 321 g/mol. The maximum absolute atomic E-state index is 12.1. The number of methoxy groups -OCH3 is 1. The molecule has 1 saturated carbocycles. The number of carboxylic acid groups (broad SMARTS) is 1. The molecule has 7 nitrogen and oxygen atoms in total. The highest BCUT2D eigenvalue weighted by Gasteiger charge is 2.44. The molecule has 2 N–H and O–H groups in total. The Hall–Kier alpha value is -1.15. The Bertz CT molecular complexity index is 489. The van der Waals surface area contributed by atoms with Crippen molar-refractivity contribution in [1.82, 2.24) is 4.72 Å². The number of ether oxygens (including phenoxy) is 1. The predicted molar refractivity (Wildman–Crippen MR) is 76.2 cm³/mol. The molecule has 0 spiro atoms. The van der Waals surface area contributed by atoms with E-state index in [9.17, 15) is 23.1 Å². The van der Waals surface area contributed by atoms with E-state index in [1.165, 1.54) is 7.11 Å². The predicted octanol–water partition coefficient (Wildman–Crippen LogP) is 0.892. The average Bonchev–Trinajstić information content (AvgIpc) is 2.37. The number of hydrogen-bond donors (Lipinski definition) is 2. The van der Waals surface area contributed by atoms with Crippen LogP contribution in [0.2, 0.25) is 0 Å². The largest absolute Gasteiger partial charge is 0.480 e. The fourth-order valence-corrected chi connectivity index (χ4v) is 4.23. The molecule has 2 atom stereocenters. The van der Waals surface area contributed by atoms with Gasteiger partial charge in [-0.2, -0.15) is 4.72 Å². The number of esters is 1. The normalized spacial score (nSPS) is 26.3. The molecule has 0 aromatic heterocycles. The van der Waals surface area contributed by atoms with E-state index in [2.05, 4.69) is 9.46 Å². The molecule has 0 heterocycles. The third-order valence-corrected chi connectivity index (χ3v) is 5.31. The monoisotopic (exact) mass is 321 g/mol. The molecule has 1 rings (SSSR count). The first-order valence-electron chi connectivity index (χ1n) is 7.02. The second-order valence-electron chi connectivity index (χ2n) is 5.69. The first-order valence-corrected chi connectivity index (χ1v) is 8.68. The van der Waals surface area contributed by atoms with Crippen LogP contribution in [0.15, 0.2) is 0 Å². The van der Waals surface area contributed by atoms with Crippen LogP contribution in [0.5, 0.6) is 0 Å². The summed E-state index contributed by atoms with van der Waals surface area (Å²) in [6, 6.07) is 0. The minimum absolute atomic E-state index is 0.00607. The van der Waals surface area contributed by atoms with Crippen LogP contribution in [0.3, 0.4) is 0 Å². The van der Waals surface area contributed by atoms with Gasteiger partial charge in [0.2, 0.25) is 10.0 Å². The topological polar surface area (TPSA) is 110 Å². The van der Waals surface area contributed by atoms with Crippen LogP contribution >= 0.6 is 0 Å². The number of carboxylic acids is 1. The van der Waals surface area contributed by atoms with Crippen molar-refractivity contribution in [2.24, 2.45) is 5.92 Å². The number of aliphatic carboxylic acids is 1. The van der Waals surface area contributed by atoms with Crippen LogP contribution in [0.4, 0.5) is 0 Å². The molecule has 0 amide bonds. The van der Waals surface area contributed by atoms with Crippen molar-refractivity contribution in [2.75, 3.05) is 12.9 Å². The number of carbonyl (C=O) groups excluding carboxylic acids is 1. The summed E-state index contributed by atoms with van der Waals surface area (Å²) >= 11 is 0. The lowest BCUT2D eigenvalue weighted by molar-refractivity contribution is -0.146. The minimum Gasteiger partial charge on any atom is -0.480 e. The molecule has 122 valence electrons. The fraction of sp³-hybridized carbons (Fsp3) is 0.846. The highest BCUT2D eigenvalue weighted by atomic mass is 32.2. The molecule has 21 heavy (non-hydrogen) atoms. The van der Waals surface area contributed by atoms with Crippen LogP contribution in [-0.2, 0) is 24.3 Å². The van der Waals surface area contributed by atoms with Crippen molar-refractivity contribution in [2.45, 2.75) is 51.0 Å². The van der Waals surface area contributed by atoms with Crippen molar-refractivity contribution >= 4 is 22.0 Å². The highest BCUT2D eigenvalue weighted by Crippen LogP contribution is 2.33. The zero-order valence-corrected chi connectivity index (χ0v) is 13.2. The maximum Gasteiger partial charge on any atom is 0.324 e. The minimum atomic E-state index is -3.75. The molecular weight excluding hydrogens is 298 g/mol. The Morgan fingerprint density at radius 2 is 2.10 bits per heavy atom. The van der Waals surface area contributed by atoms with Gasteiger partial charge in [-0.25, -0.2) is 8.42 Å². The lowest BCUT2D eigenvalue weighted by Gasteiger charge is -2.36. The van der Waals surface area contributed by atoms with E-state index in [0.29, 0.717) is 19.3 Å². The van der Waals surface area contributed by atoms with Crippen molar-refractivity contribution in [1.29, 1.82) is 0 Å². The van der Waals surface area contributed by atoms with Gasteiger partial charge in [0, 0.05) is 6.42 Å². The number of nitrogens with one attached hydrogen (secondary N) is 1. The molecule has 0 saturated heterocycles. The van der Waals surface area contributed by atoms with E-state index >= 15 is 0 Å². The number of rotatable bonds is 7. The first kappa shape index (κ1) is 17.9.